The fraction of sp³-hybridized carbons (Fsp3) is 0.111. The molecule has 110 valence electrons. The minimum absolute atomic E-state index is 0.111. The van der Waals surface area contributed by atoms with Crippen LogP contribution in [0.2, 0.25) is 0 Å². The Morgan fingerprint density at radius 2 is 2.00 bits per heavy atom. The standard InChI is InChI=1S/C18H15NO3/c1-2-3-4-14-11-15(7-10-17(14)20)18(21)22-16-8-5-13(12-19)6-9-16/h3-11,20H,2H2,1H3/b4-3+. The zero-order chi connectivity index (χ0) is 15.9. The van der Waals surface area contributed by atoms with Gasteiger partial charge in [0.1, 0.15) is 11.5 Å². The molecule has 0 saturated carbocycles. The topological polar surface area (TPSA) is 70.3 Å². The van der Waals surface area contributed by atoms with E-state index in [1.165, 1.54) is 12.1 Å². The van der Waals surface area contributed by atoms with Crippen LogP contribution in [0.4, 0.5) is 0 Å². The maximum atomic E-state index is 12.1. The Bertz CT molecular complexity index is 740. The van der Waals surface area contributed by atoms with Crippen molar-refractivity contribution in [3.8, 4) is 17.6 Å². The van der Waals surface area contributed by atoms with Gasteiger partial charge in [0.05, 0.1) is 17.2 Å². The van der Waals surface area contributed by atoms with Gasteiger partial charge in [-0.25, -0.2) is 4.79 Å². The molecular weight excluding hydrogens is 278 g/mol. The number of ether oxygens (including phenoxy) is 1. The van der Waals surface area contributed by atoms with Gasteiger partial charge in [0.15, 0.2) is 0 Å². The number of hydrogen-bond donors (Lipinski definition) is 1. The predicted octanol–water partition coefficient (Wildman–Crippen LogP) is 3.91. The van der Waals surface area contributed by atoms with Gasteiger partial charge in [-0.05, 0) is 48.9 Å². The molecule has 0 aliphatic rings. The van der Waals surface area contributed by atoms with E-state index in [2.05, 4.69) is 0 Å². The Kier molecular flexibility index (Phi) is 4.94. The van der Waals surface area contributed by atoms with Gasteiger partial charge in [-0.1, -0.05) is 19.1 Å². The molecular formula is C18H15NO3. The Hall–Kier alpha value is -3.06. The summed E-state index contributed by atoms with van der Waals surface area (Å²) in [6.07, 6.45) is 4.48. The third-order valence-electron chi connectivity index (χ3n) is 2.99. The third kappa shape index (κ3) is 3.74. The van der Waals surface area contributed by atoms with Gasteiger partial charge in [0.25, 0.3) is 0 Å². The smallest absolute Gasteiger partial charge is 0.343 e. The van der Waals surface area contributed by atoms with Gasteiger partial charge in [0, 0.05) is 5.56 Å². The zero-order valence-corrected chi connectivity index (χ0v) is 12.1. The molecule has 0 radical (unpaired) electrons. The number of hydrogen-bond acceptors (Lipinski definition) is 4. The summed E-state index contributed by atoms with van der Waals surface area (Å²) < 4.78 is 5.25. The summed E-state index contributed by atoms with van der Waals surface area (Å²) in [5.41, 5.74) is 1.41. The number of rotatable bonds is 4. The van der Waals surface area contributed by atoms with Crippen LogP contribution in [0.3, 0.4) is 0 Å². The highest BCUT2D eigenvalue weighted by Crippen LogP contribution is 2.21. The van der Waals surface area contributed by atoms with E-state index in [4.69, 9.17) is 10.00 Å². The molecule has 0 fully saturated rings. The molecule has 0 aliphatic carbocycles. The molecule has 2 aromatic rings. The molecule has 1 N–H and O–H groups in total. The second-order valence-corrected chi connectivity index (χ2v) is 4.61. The van der Waals surface area contributed by atoms with E-state index < -0.39 is 5.97 Å². The number of carbonyl (C=O) groups is 1. The predicted molar refractivity (Wildman–Crippen MR) is 83.5 cm³/mol. The zero-order valence-electron chi connectivity index (χ0n) is 12.1. The first-order chi connectivity index (χ1) is 10.6. The van der Waals surface area contributed by atoms with Crippen LogP contribution in [0.1, 0.15) is 34.8 Å². The molecule has 0 aliphatic heterocycles. The molecule has 0 spiro atoms. The average Bonchev–Trinajstić information content (AvgIpc) is 2.54. The number of carbonyl (C=O) groups excluding carboxylic acids is 1. The van der Waals surface area contributed by atoms with Crippen molar-refractivity contribution in [1.29, 1.82) is 5.26 Å². The molecule has 4 nitrogen and oxygen atoms in total. The highest BCUT2D eigenvalue weighted by atomic mass is 16.5. The average molecular weight is 293 g/mol. The lowest BCUT2D eigenvalue weighted by Gasteiger charge is -2.06. The Morgan fingerprint density at radius 1 is 1.27 bits per heavy atom. The quantitative estimate of drug-likeness (QED) is 0.685. The van der Waals surface area contributed by atoms with Crippen molar-refractivity contribution in [2.75, 3.05) is 0 Å². The van der Waals surface area contributed by atoms with Gasteiger partial charge < -0.3 is 9.84 Å². The van der Waals surface area contributed by atoms with Gasteiger partial charge in [0.2, 0.25) is 0 Å². The van der Waals surface area contributed by atoms with E-state index in [0.717, 1.165) is 6.42 Å². The van der Waals surface area contributed by atoms with Crippen LogP contribution in [-0.4, -0.2) is 11.1 Å². The first kappa shape index (κ1) is 15.3. The first-order valence-electron chi connectivity index (χ1n) is 6.86. The van der Waals surface area contributed by atoms with E-state index in [9.17, 15) is 9.90 Å². The van der Waals surface area contributed by atoms with E-state index in [0.29, 0.717) is 22.4 Å². The summed E-state index contributed by atoms with van der Waals surface area (Å²) in [4.78, 5) is 12.1. The maximum absolute atomic E-state index is 12.1. The number of nitriles is 1. The molecule has 2 rings (SSSR count). The highest BCUT2D eigenvalue weighted by Gasteiger charge is 2.10. The van der Waals surface area contributed by atoms with E-state index in [1.54, 1.807) is 36.4 Å². The minimum atomic E-state index is -0.518. The fourth-order valence-corrected chi connectivity index (χ4v) is 1.82. The number of allylic oxidation sites excluding steroid dienone is 1. The van der Waals surface area contributed by atoms with Gasteiger partial charge in [-0.15, -0.1) is 0 Å². The lowest BCUT2D eigenvalue weighted by molar-refractivity contribution is 0.0734. The van der Waals surface area contributed by atoms with Crippen LogP contribution in [0.25, 0.3) is 6.08 Å². The lowest BCUT2D eigenvalue weighted by Crippen LogP contribution is -2.08. The maximum Gasteiger partial charge on any atom is 0.343 e. The third-order valence-corrected chi connectivity index (χ3v) is 2.99. The molecule has 22 heavy (non-hydrogen) atoms. The SMILES string of the molecule is CC/C=C/c1cc(C(=O)Oc2ccc(C#N)cc2)ccc1O. The molecule has 0 atom stereocenters. The summed E-state index contributed by atoms with van der Waals surface area (Å²) in [5.74, 6) is -0.0433. The number of nitrogens with zero attached hydrogens (tertiary/aromatic N) is 1. The van der Waals surface area contributed by atoms with Crippen LogP contribution in [0.15, 0.2) is 48.5 Å². The van der Waals surface area contributed by atoms with Crippen molar-refractivity contribution >= 4 is 12.0 Å². The second kappa shape index (κ2) is 7.09. The summed E-state index contributed by atoms with van der Waals surface area (Å²) in [6, 6.07) is 12.8. The number of phenols is 1. The Morgan fingerprint density at radius 3 is 2.64 bits per heavy atom. The molecule has 0 bridgehead atoms. The van der Waals surface area contributed by atoms with Crippen molar-refractivity contribution in [3.63, 3.8) is 0 Å². The van der Waals surface area contributed by atoms with Crippen molar-refractivity contribution in [2.24, 2.45) is 0 Å². The molecule has 2 aromatic carbocycles. The van der Waals surface area contributed by atoms with E-state index in [-0.39, 0.29) is 5.75 Å². The number of benzene rings is 2. The number of phenolic OH excluding ortho intramolecular Hbond substituents is 1. The summed E-state index contributed by atoms with van der Waals surface area (Å²) in [6.45, 7) is 1.98. The first-order valence-corrected chi connectivity index (χ1v) is 6.86. The van der Waals surface area contributed by atoms with E-state index in [1.807, 2.05) is 19.1 Å². The van der Waals surface area contributed by atoms with Gasteiger partial charge in [-0.2, -0.15) is 5.26 Å². The lowest BCUT2D eigenvalue weighted by atomic mass is 10.1. The summed E-state index contributed by atoms with van der Waals surface area (Å²) in [7, 11) is 0. The van der Waals surface area contributed by atoms with Gasteiger partial charge in [-0.3, -0.25) is 0 Å². The number of esters is 1. The molecule has 0 heterocycles. The molecule has 0 aromatic heterocycles. The van der Waals surface area contributed by atoms with Crippen LogP contribution < -0.4 is 4.74 Å². The van der Waals surface area contributed by atoms with Crippen LogP contribution in [0, 0.1) is 11.3 Å². The number of aromatic hydroxyl groups is 1. The molecule has 0 unspecified atom stereocenters. The van der Waals surface area contributed by atoms with Crippen LogP contribution in [-0.2, 0) is 0 Å². The normalized spacial score (nSPS) is 10.4. The van der Waals surface area contributed by atoms with Crippen molar-refractivity contribution in [3.05, 3.63) is 65.2 Å². The minimum Gasteiger partial charge on any atom is -0.507 e. The van der Waals surface area contributed by atoms with E-state index >= 15 is 0 Å². The highest BCUT2D eigenvalue weighted by molar-refractivity contribution is 5.92. The Labute approximate surface area is 128 Å². The Balaban J connectivity index is 2.18. The largest absolute Gasteiger partial charge is 0.507 e. The van der Waals surface area contributed by atoms with Crippen LogP contribution in [0.5, 0.6) is 11.5 Å². The van der Waals surface area contributed by atoms with Crippen LogP contribution >= 0.6 is 0 Å². The summed E-state index contributed by atoms with van der Waals surface area (Å²) >= 11 is 0. The van der Waals surface area contributed by atoms with Crippen molar-refractivity contribution in [2.45, 2.75) is 13.3 Å². The molecule has 4 heteroatoms. The summed E-state index contributed by atoms with van der Waals surface area (Å²) in [5, 5.41) is 18.5. The fourth-order valence-electron chi connectivity index (χ4n) is 1.82. The molecule has 0 amide bonds. The molecule has 0 saturated heterocycles. The van der Waals surface area contributed by atoms with Gasteiger partial charge >= 0.3 is 5.97 Å². The second-order valence-electron chi connectivity index (χ2n) is 4.61. The van der Waals surface area contributed by atoms with Crippen molar-refractivity contribution < 1.29 is 14.6 Å². The monoisotopic (exact) mass is 293 g/mol. The van der Waals surface area contributed by atoms with Crippen molar-refractivity contribution in [1.82, 2.24) is 0 Å².